The second-order valence-electron chi connectivity index (χ2n) is 7.38. The van der Waals surface area contributed by atoms with Crippen LogP contribution in [0.25, 0.3) is 10.2 Å². The number of rotatable bonds is 6. The van der Waals surface area contributed by atoms with Gasteiger partial charge in [-0.3, -0.25) is 9.69 Å². The Labute approximate surface area is 174 Å². The van der Waals surface area contributed by atoms with E-state index in [2.05, 4.69) is 40.1 Å². The van der Waals surface area contributed by atoms with E-state index in [0.29, 0.717) is 22.8 Å². The number of quaternary nitrogens is 1. The number of thiazole rings is 1. The molecule has 2 aromatic carbocycles. The van der Waals surface area contributed by atoms with E-state index in [1.165, 1.54) is 34.5 Å². The molecule has 0 aliphatic heterocycles. The lowest BCUT2D eigenvalue weighted by molar-refractivity contribution is -0.856. The van der Waals surface area contributed by atoms with Crippen LogP contribution < -0.4 is 9.80 Å². The summed E-state index contributed by atoms with van der Waals surface area (Å²) in [7, 11) is 5.45. The van der Waals surface area contributed by atoms with Crippen molar-refractivity contribution in [3.05, 3.63) is 58.7 Å². The van der Waals surface area contributed by atoms with E-state index < -0.39 is 5.97 Å². The standard InChI is InChI=1S/C22H25N3O3S/c1-14-12-18-19(13-15(14)2)29-22(23-18)25(11-10-24(3)4)20(26)16-6-8-17(9-7-16)21(27)28-5/h6-9,12-13H,10-11H2,1-5H3/p+1. The highest BCUT2D eigenvalue weighted by Gasteiger charge is 2.22. The first-order valence-electron chi connectivity index (χ1n) is 9.47. The molecule has 0 atom stereocenters. The largest absolute Gasteiger partial charge is 0.465 e. The van der Waals surface area contributed by atoms with Crippen LogP contribution >= 0.6 is 11.3 Å². The highest BCUT2D eigenvalue weighted by Crippen LogP contribution is 2.31. The fourth-order valence-corrected chi connectivity index (χ4v) is 4.00. The Balaban J connectivity index is 1.96. The fourth-order valence-electron chi connectivity index (χ4n) is 2.93. The van der Waals surface area contributed by atoms with Crippen molar-refractivity contribution in [1.29, 1.82) is 0 Å². The summed E-state index contributed by atoms with van der Waals surface area (Å²) in [4.78, 5) is 32.7. The summed E-state index contributed by atoms with van der Waals surface area (Å²) >= 11 is 1.53. The third kappa shape index (κ3) is 4.63. The highest BCUT2D eigenvalue weighted by molar-refractivity contribution is 7.22. The van der Waals surface area contributed by atoms with Crippen LogP contribution in [-0.4, -0.2) is 51.2 Å². The summed E-state index contributed by atoms with van der Waals surface area (Å²) in [5.41, 5.74) is 4.23. The molecule has 6 nitrogen and oxygen atoms in total. The van der Waals surface area contributed by atoms with Gasteiger partial charge < -0.3 is 9.64 Å². The number of aromatic nitrogens is 1. The van der Waals surface area contributed by atoms with Crippen LogP contribution in [0.2, 0.25) is 0 Å². The summed E-state index contributed by atoms with van der Waals surface area (Å²) in [6.45, 7) is 5.49. The number of anilines is 1. The normalized spacial score (nSPS) is 11.1. The second kappa shape index (κ2) is 8.71. The number of amides is 1. The van der Waals surface area contributed by atoms with Gasteiger partial charge in [0.25, 0.3) is 5.91 Å². The summed E-state index contributed by atoms with van der Waals surface area (Å²) in [5, 5.41) is 0.688. The van der Waals surface area contributed by atoms with Crippen molar-refractivity contribution in [3.63, 3.8) is 0 Å². The van der Waals surface area contributed by atoms with Gasteiger partial charge in [0, 0.05) is 5.56 Å². The first-order chi connectivity index (χ1) is 13.8. The molecule has 152 valence electrons. The van der Waals surface area contributed by atoms with E-state index in [1.54, 1.807) is 29.2 Å². The topological polar surface area (TPSA) is 63.9 Å². The molecular weight excluding hydrogens is 386 g/mol. The number of hydrogen-bond acceptors (Lipinski definition) is 5. The molecular formula is C22H26N3O3S+. The van der Waals surface area contributed by atoms with Gasteiger partial charge in [0.1, 0.15) is 0 Å². The SMILES string of the molecule is COC(=O)c1ccc(C(=O)N(CC[NH+](C)C)c2nc3cc(C)c(C)cc3s2)cc1. The number of likely N-dealkylation sites (N-methyl/N-ethyl adjacent to an activating group) is 1. The van der Waals surface area contributed by atoms with Gasteiger partial charge in [0.2, 0.25) is 0 Å². The number of aryl methyl sites for hydroxylation is 2. The molecule has 1 N–H and O–H groups in total. The molecule has 0 radical (unpaired) electrons. The Bertz CT molecular complexity index is 1000. The third-order valence-corrected chi connectivity index (χ3v) is 5.90. The smallest absolute Gasteiger partial charge is 0.337 e. The van der Waals surface area contributed by atoms with E-state index in [-0.39, 0.29) is 5.91 Å². The number of benzene rings is 2. The first-order valence-corrected chi connectivity index (χ1v) is 10.3. The van der Waals surface area contributed by atoms with Crippen LogP contribution in [0.5, 0.6) is 0 Å². The highest BCUT2D eigenvalue weighted by atomic mass is 32.1. The molecule has 0 saturated heterocycles. The van der Waals surface area contributed by atoms with E-state index in [1.807, 2.05) is 0 Å². The molecule has 0 saturated carbocycles. The summed E-state index contributed by atoms with van der Waals surface area (Å²) in [6.07, 6.45) is 0. The number of carbonyl (C=O) groups is 2. The number of hydrogen-bond donors (Lipinski definition) is 1. The molecule has 1 heterocycles. The Morgan fingerprint density at radius 1 is 1.07 bits per heavy atom. The predicted molar refractivity (Wildman–Crippen MR) is 116 cm³/mol. The molecule has 0 aliphatic carbocycles. The van der Waals surface area contributed by atoms with Crippen LogP contribution in [0.4, 0.5) is 5.13 Å². The summed E-state index contributed by atoms with van der Waals surface area (Å²) < 4.78 is 5.79. The van der Waals surface area contributed by atoms with E-state index in [0.717, 1.165) is 16.8 Å². The number of carbonyl (C=O) groups excluding carboxylic acids is 2. The van der Waals surface area contributed by atoms with Gasteiger partial charge in [0.15, 0.2) is 5.13 Å². The van der Waals surface area contributed by atoms with E-state index in [9.17, 15) is 9.59 Å². The molecule has 0 bridgehead atoms. The van der Waals surface area contributed by atoms with Gasteiger partial charge in [-0.1, -0.05) is 11.3 Å². The van der Waals surface area contributed by atoms with Crippen molar-refractivity contribution < 1.29 is 19.2 Å². The van der Waals surface area contributed by atoms with Crippen molar-refractivity contribution >= 4 is 38.6 Å². The molecule has 0 aliphatic rings. The molecule has 3 aromatic rings. The Kier molecular flexibility index (Phi) is 6.30. The van der Waals surface area contributed by atoms with Crippen LogP contribution in [0, 0.1) is 13.8 Å². The minimum Gasteiger partial charge on any atom is -0.465 e. The summed E-state index contributed by atoms with van der Waals surface area (Å²) in [6, 6.07) is 10.7. The third-order valence-electron chi connectivity index (χ3n) is 4.86. The number of nitrogens with zero attached hydrogens (tertiary/aromatic N) is 2. The zero-order valence-corrected chi connectivity index (χ0v) is 18.2. The van der Waals surface area contributed by atoms with Crippen molar-refractivity contribution in [2.24, 2.45) is 0 Å². The Morgan fingerprint density at radius 2 is 1.69 bits per heavy atom. The minimum absolute atomic E-state index is 0.129. The molecule has 29 heavy (non-hydrogen) atoms. The molecule has 0 spiro atoms. The molecule has 0 fully saturated rings. The van der Waals surface area contributed by atoms with Gasteiger partial charge in [-0.05, 0) is 61.4 Å². The minimum atomic E-state index is -0.422. The zero-order chi connectivity index (χ0) is 21.1. The number of fused-ring (bicyclic) bond motifs is 1. The van der Waals surface area contributed by atoms with Gasteiger partial charge >= 0.3 is 5.97 Å². The fraction of sp³-hybridized carbons (Fsp3) is 0.318. The van der Waals surface area contributed by atoms with Gasteiger partial charge in [0.05, 0.1) is 50.1 Å². The number of methoxy groups -OCH3 is 1. The van der Waals surface area contributed by atoms with Crippen LogP contribution in [-0.2, 0) is 4.74 Å². The van der Waals surface area contributed by atoms with Crippen molar-refractivity contribution in [3.8, 4) is 0 Å². The molecule has 1 aromatic heterocycles. The van der Waals surface area contributed by atoms with Crippen molar-refractivity contribution in [1.82, 2.24) is 4.98 Å². The first kappa shape index (κ1) is 21.0. The number of nitrogens with one attached hydrogen (secondary N) is 1. The molecule has 1 amide bonds. The Hall–Kier alpha value is -2.77. The van der Waals surface area contributed by atoms with Crippen LogP contribution in [0.3, 0.4) is 0 Å². The lowest BCUT2D eigenvalue weighted by atomic mass is 10.1. The van der Waals surface area contributed by atoms with Crippen LogP contribution in [0.1, 0.15) is 31.8 Å². The quantitative estimate of drug-likeness (QED) is 0.632. The van der Waals surface area contributed by atoms with E-state index >= 15 is 0 Å². The number of esters is 1. The maximum Gasteiger partial charge on any atom is 0.337 e. The van der Waals surface area contributed by atoms with Gasteiger partial charge in [-0.15, -0.1) is 0 Å². The van der Waals surface area contributed by atoms with Crippen LogP contribution in [0.15, 0.2) is 36.4 Å². The average molecular weight is 413 g/mol. The second-order valence-corrected chi connectivity index (χ2v) is 8.39. The molecule has 7 heteroatoms. The van der Waals surface area contributed by atoms with E-state index in [4.69, 9.17) is 9.72 Å². The van der Waals surface area contributed by atoms with Crippen molar-refractivity contribution in [2.45, 2.75) is 13.8 Å². The predicted octanol–water partition coefficient (Wildman–Crippen LogP) is 2.49. The van der Waals surface area contributed by atoms with Crippen molar-refractivity contribution in [2.75, 3.05) is 39.2 Å². The molecule has 0 unspecified atom stereocenters. The lowest BCUT2D eigenvalue weighted by Gasteiger charge is -2.20. The monoisotopic (exact) mass is 412 g/mol. The maximum absolute atomic E-state index is 13.3. The summed E-state index contributed by atoms with van der Waals surface area (Å²) in [5.74, 6) is -0.552. The van der Waals surface area contributed by atoms with Gasteiger partial charge in [-0.2, -0.15) is 0 Å². The average Bonchev–Trinajstić information content (AvgIpc) is 3.09. The maximum atomic E-state index is 13.3. The zero-order valence-electron chi connectivity index (χ0n) is 17.4. The molecule has 3 rings (SSSR count). The van der Waals surface area contributed by atoms with Gasteiger partial charge in [-0.25, -0.2) is 9.78 Å². The Morgan fingerprint density at radius 3 is 2.31 bits per heavy atom. The lowest BCUT2D eigenvalue weighted by Crippen LogP contribution is -3.06. The number of ether oxygens (including phenoxy) is 1.